The minimum Gasteiger partial charge on any atom is -0.441 e. The van der Waals surface area contributed by atoms with Gasteiger partial charge in [-0.05, 0) is 20.8 Å². The largest absolute Gasteiger partial charge is 0.522 e. The van der Waals surface area contributed by atoms with E-state index in [1.54, 1.807) is 20.8 Å². The maximum atomic E-state index is 14.9. The number of nitrogens with one attached hydrogen (secondary N) is 3. The highest BCUT2D eigenvalue weighted by Crippen LogP contribution is 2.33. The quantitative estimate of drug-likeness (QED) is 0.420. The highest BCUT2D eigenvalue weighted by atomic mass is 19.4. The summed E-state index contributed by atoms with van der Waals surface area (Å²) in [6, 6.07) is 1.33. The maximum Gasteiger partial charge on any atom is 0.522 e. The molecule has 0 unspecified atom stereocenters. The van der Waals surface area contributed by atoms with Gasteiger partial charge in [0.2, 0.25) is 5.95 Å². The van der Waals surface area contributed by atoms with Crippen molar-refractivity contribution in [1.29, 1.82) is 0 Å². The third kappa shape index (κ3) is 5.79. The van der Waals surface area contributed by atoms with Gasteiger partial charge in [-0.2, -0.15) is 5.10 Å². The number of carbonyl (C=O) groups excluding carboxylic acids is 1. The summed E-state index contributed by atoms with van der Waals surface area (Å²) < 4.78 is 67.9. The number of aryl methyl sites for hydroxylation is 1. The van der Waals surface area contributed by atoms with E-state index in [0.29, 0.717) is 16.9 Å². The predicted octanol–water partition coefficient (Wildman–Crippen LogP) is 3.45. The summed E-state index contributed by atoms with van der Waals surface area (Å²) in [5.74, 6) is 0.460. The van der Waals surface area contributed by atoms with Crippen LogP contribution in [-0.2, 0) is 20.8 Å². The van der Waals surface area contributed by atoms with E-state index in [4.69, 9.17) is 9.47 Å². The number of alkyl carbamates (subject to hydrolysis) is 1. The number of ether oxygens (including phenoxy) is 3. The van der Waals surface area contributed by atoms with Gasteiger partial charge in [-0.3, -0.25) is 14.2 Å². The molecule has 4 heterocycles. The van der Waals surface area contributed by atoms with Gasteiger partial charge in [0.15, 0.2) is 18.1 Å². The summed E-state index contributed by atoms with van der Waals surface area (Å²) in [6.45, 7) is 4.32. The Labute approximate surface area is 196 Å². The van der Waals surface area contributed by atoms with E-state index >= 15 is 0 Å². The fourth-order valence-electron chi connectivity index (χ4n) is 3.47. The van der Waals surface area contributed by atoms with Gasteiger partial charge in [0, 0.05) is 30.1 Å². The molecule has 3 atom stereocenters. The molecule has 15 heteroatoms. The minimum atomic E-state index is -4.78. The highest BCUT2D eigenvalue weighted by molar-refractivity contribution is 5.67. The van der Waals surface area contributed by atoms with Crippen molar-refractivity contribution < 1.29 is 36.6 Å². The Morgan fingerprint density at radius 2 is 2.17 bits per heavy atom. The Balaban J connectivity index is 1.46. The number of anilines is 2. The standard InChI is InChI=1S/C20H23F4N7O4/c1-9(2)26-19(32)35-13-8-33-16(15(13)21)12-4-14(30-29-12)28-18-25-5-10(3)17-27-11(6-31(17)18)7-34-20(22,23)24/h4-6,9,13,15-16H,7-8H2,1-3H3,(H,26,32)(H2,25,28,29,30)/t13-,15-,16-/m1/s1. The first-order valence-corrected chi connectivity index (χ1v) is 10.6. The molecule has 4 rings (SSSR count). The van der Waals surface area contributed by atoms with E-state index in [-0.39, 0.29) is 30.1 Å². The smallest absolute Gasteiger partial charge is 0.441 e. The molecule has 0 saturated carbocycles. The van der Waals surface area contributed by atoms with Crippen LogP contribution in [0.4, 0.5) is 34.1 Å². The number of halogens is 4. The first kappa shape index (κ1) is 24.7. The van der Waals surface area contributed by atoms with Crippen LogP contribution in [0.1, 0.15) is 36.9 Å². The number of hydrogen-bond donors (Lipinski definition) is 3. The molecular formula is C20H23F4N7O4. The van der Waals surface area contributed by atoms with Crippen molar-refractivity contribution in [3.63, 3.8) is 0 Å². The zero-order chi connectivity index (χ0) is 25.3. The van der Waals surface area contributed by atoms with Gasteiger partial charge in [-0.15, -0.1) is 13.2 Å². The fraction of sp³-hybridized carbons (Fsp3) is 0.500. The number of H-pyrrole nitrogens is 1. The zero-order valence-electron chi connectivity index (χ0n) is 18.9. The van der Waals surface area contributed by atoms with Crippen LogP contribution >= 0.6 is 0 Å². The normalized spacial score (nSPS) is 20.5. The number of fused-ring (bicyclic) bond motifs is 1. The summed E-state index contributed by atoms with van der Waals surface area (Å²) in [6.07, 6.45) is -6.42. The molecule has 0 aromatic carbocycles. The lowest BCUT2D eigenvalue weighted by molar-refractivity contribution is -0.330. The number of aromatic amines is 1. The second kappa shape index (κ2) is 9.65. The van der Waals surface area contributed by atoms with Crippen molar-refractivity contribution in [1.82, 2.24) is 29.9 Å². The lowest BCUT2D eigenvalue weighted by atomic mass is 10.1. The van der Waals surface area contributed by atoms with Crippen LogP contribution in [0.3, 0.4) is 0 Å². The van der Waals surface area contributed by atoms with Gasteiger partial charge >= 0.3 is 12.5 Å². The van der Waals surface area contributed by atoms with Crippen molar-refractivity contribution >= 4 is 23.5 Å². The number of hydrogen-bond acceptors (Lipinski definition) is 8. The molecule has 1 aliphatic heterocycles. The van der Waals surface area contributed by atoms with E-state index in [2.05, 4.69) is 35.5 Å². The number of alkyl halides is 4. The monoisotopic (exact) mass is 501 g/mol. The Hall–Kier alpha value is -3.46. The van der Waals surface area contributed by atoms with Crippen LogP contribution in [0.15, 0.2) is 18.5 Å². The number of rotatable bonds is 7. The summed E-state index contributed by atoms with van der Waals surface area (Å²) in [7, 11) is 0. The lowest BCUT2D eigenvalue weighted by Crippen LogP contribution is -2.36. The SMILES string of the molecule is Cc1cnc(Nc2cc([C@H]3OC[C@@H](OC(=O)NC(C)C)[C@H]3F)[nH]n2)n2cc(COC(F)(F)F)nc12. The van der Waals surface area contributed by atoms with Crippen LogP contribution in [0, 0.1) is 6.92 Å². The van der Waals surface area contributed by atoms with E-state index in [1.165, 1.54) is 22.9 Å². The summed E-state index contributed by atoms with van der Waals surface area (Å²) in [5, 5.41) is 12.2. The van der Waals surface area contributed by atoms with E-state index in [0.717, 1.165) is 0 Å². The fourth-order valence-corrected chi connectivity index (χ4v) is 3.47. The topological polar surface area (TPSA) is 128 Å². The van der Waals surface area contributed by atoms with Crippen LogP contribution in [0.2, 0.25) is 0 Å². The van der Waals surface area contributed by atoms with Gasteiger partial charge in [0.05, 0.1) is 24.6 Å². The summed E-state index contributed by atoms with van der Waals surface area (Å²) >= 11 is 0. The third-order valence-corrected chi connectivity index (χ3v) is 4.99. The molecule has 190 valence electrons. The third-order valence-electron chi connectivity index (χ3n) is 4.99. The average Bonchev–Trinajstić information content (AvgIpc) is 3.47. The second-order valence-corrected chi connectivity index (χ2v) is 8.20. The first-order valence-electron chi connectivity index (χ1n) is 10.6. The lowest BCUT2D eigenvalue weighted by Gasteiger charge is -2.16. The second-order valence-electron chi connectivity index (χ2n) is 8.20. The van der Waals surface area contributed by atoms with Crippen LogP contribution in [0.25, 0.3) is 5.65 Å². The van der Waals surface area contributed by atoms with Gasteiger partial charge in [-0.25, -0.2) is 19.2 Å². The molecule has 1 aliphatic rings. The van der Waals surface area contributed by atoms with Crippen molar-refractivity contribution in [3.05, 3.63) is 35.4 Å². The van der Waals surface area contributed by atoms with E-state index < -0.39 is 37.4 Å². The Bertz CT molecular complexity index is 1200. The molecule has 0 aliphatic carbocycles. The molecule has 1 amide bonds. The van der Waals surface area contributed by atoms with Crippen LogP contribution < -0.4 is 10.6 Å². The molecule has 0 spiro atoms. The van der Waals surface area contributed by atoms with Gasteiger partial charge in [-0.1, -0.05) is 0 Å². The Morgan fingerprint density at radius 3 is 2.89 bits per heavy atom. The molecule has 11 nitrogen and oxygen atoms in total. The number of nitrogens with zero attached hydrogens (tertiary/aromatic N) is 4. The van der Waals surface area contributed by atoms with E-state index in [9.17, 15) is 22.4 Å². The molecular weight excluding hydrogens is 478 g/mol. The van der Waals surface area contributed by atoms with E-state index in [1.807, 2.05) is 0 Å². The molecule has 35 heavy (non-hydrogen) atoms. The number of amides is 1. The first-order chi connectivity index (χ1) is 16.5. The van der Waals surface area contributed by atoms with Crippen molar-refractivity contribution in [2.45, 2.75) is 58.2 Å². The van der Waals surface area contributed by atoms with Gasteiger partial charge in [0.25, 0.3) is 0 Å². The highest BCUT2D eigenvalue weighted by Gasteiger charge is 2.42. The molecule has 3 aromatic rings. The molecule has 3 aromatic heterocycles. The summed E-state index contributed by atoms with van der Waals surface area (Å²) in [4.78, 5) is 20.2. The number of carbonyl (C=O) groups is 1. The average molecular weight is 501 g/mol. The van der Waals surface area contributed by atoms with Crippen molar-refractivity contribution in [2.24, 2.45) is 0 Å². The predicted molar refractivity (Wildman–Crippen MR) is 113 cm³/mol. The van der Waals surface area contributed by atoms with Crippen LogP contribution in [0.5, 0.6) is 0 Å². The Kier molecular flexibility index (Phi) is 6.80. The molecule has 3 N–H and O–H groups in total. The summed E-state index contributed by atoms with van der Waals surface area (Å²) in [5.41, 5.74) is 1.35. The molecule has 0 radical (unpaired) electrons. The van der Waals surface area contributed by atoms with Gasteiger partial charge in [0.1, 0.15) is 11.8 Å². The van der Waals surface area contributed by atoms with Crippen molar-refractivity contribution in [3.8, 4) is 0 Å². The molecule has 1 saturated heterocycles. The maximum absolute atomic E-state index is 14.9. The minimum absolute atomic E-state index is 0.0522. The zero-order valence-corrected chi connectivity index (χ0v) is 18.9. The molecule has 1 fully saturated rings. The van der Waals surface area contributed by atoms with Crippen molar-refractivity contribution in [2.75, 3.05) is 11.9 Å². The number of aromatic nitrogens is 5. The van der Waals surface area contributed by atoms with Gasteiger partial charge < -0.3 is 20.1 Å². The number of imidazole rings is 1. The van der Waals surface area contributed by atoms with Crippen LogP contribution in [-0.4, -0.2) is 61.9 Å². The Morgan fingerprint density at radius 1 is 1.40 bits per heavy atom. The molecule has 0 bridgehead atoms.